The molecule has 3 heteroatoms. The summed E-state index contributed by atoms with van der Waals surface area (Å²) in [5, 5.41) is 0. The van der Waals surface area contributed by atoms with Gasteiger partial charge < -0.3 is 4.57 Å². The number of ketones is 1. The Kier molecular flexibility index (Phi) is 5.16. The van der Waals surface area contributed by atoms with Crippen molar-refractivity contribution in [1.29, 1.82) is 0 Å². The topological polar surface area (TPSA) is 34.9 Å². The highest BCUT2D eigenvalue weighted by molar-refractivity contribution is 6.02. The number of rotatable bonds is 6. The van der Waals surface area contributed by atoms with E-state index in [9.17, 15) is 4.79 Å². The van der Waals surface area contributed by atoms with Gasteiger partial charge in [0.15, 0.2) is 5.82 Å². The van der Waals surface area contributed by atoms with Crippen LogP contribution in [0.1, 0.15) is 33.2 Å². The van der Waals surface area contributed by atoms with Crippen LogP contribution in [-0.2, 0) is 6.54 Å². The Morgan fingerprint density at radius 3 is 1.81 bits per heavy atom. The lowest BCUT2D eigenvalue weighted by Crippen LogP contribution is -2.20. The molecule has 0 atom stereocenters. The molecule has 5 rings (SSSR count). The van der Waals surface area contributed by atoms with Gasteiger partial charge in [0.25, 0.3) is 0 Å². The van der Waals surface area contributed by atoms with Crippen molar-refractivity contribution >= 4 is 16.8 Å². The molecule has 0 aliphatic heterocycles. The monoisotopic (exact) mass is 402 g/mol. The van der Waals surface area contributed by atoms with E-state index in [-0.39, 0.29) is 5.78 Å². The third kappa shape index (κ3) is 3.78. The Morgan fingerprint density at radius 1 is 0.677 bits per heavy atom. The summed E-state index contributed by atoms with van der Waals surface area (Å²) in [7, 11) is 0. The van der Waals surface area contributed by atoms with E-state index in [4.69, 9.17) is 4.98 Å². The first-order chi connectivity index (χ1) is 15.3. The lowest BCUT2D eigenvalue weighted by molar-refractivity contribution is 0.0960. The fourth-order valence-corrected chi connectivity index (χ4v) is 4.10. The van der Waals surface area contributed by atoms with Gasteiger partial charge in [0.05, 0.1) is 17.0 Å². The van der Waals surface area contributed by atoms with Crippen LogP contribution in [0, 0.1) is 0 Å². The second-order valence-electron chi connectivity index (χ2n) is 7.61. The highest BCUT2D eigenvalue weighted by Gasteiger charge is 2.28. The average molecular weight is 402 g/mol. The van der Waals surface area contributed by atoms with Gasteiger partial charge in [-0.2, -0.15) is 0 Å². The molecule has 4 aromatic carbocycles. The van der Waals surface area contributed by atoms with E-state index in [1.165, 1.54) is 0 Å². The van der Waals surface area contributed by atoms with Gasteiger partial charge in [0.2, 0.25) is 5.78 Å². The molecule has 0 spiro atoms. The Morgan fingerprint density at radius 2 is 1.19 bits per heavy atom. The third-order valence-electron chi connectivity index (χ3n) is 5.59. The Balaban J connectivity index is 1.66. The molecular weight excluding hydrogens is 380 g/mol. The van der Waals surface area contributed by atoms with Crippen molar-refractivity contribution in [2.24, 2.45) is 0 Å². The fourth-order valence-electron chi connectivity index (χ4n) is 4.10. The first-order valence-electron chi connectivity index (χ1n) is 10.4. The standard InChI is InChI=1S/C28H22N2O/c31-27(26(22-14-6-2-7-15-22)23-16-8-3-9-17-23)28-29-24-18-10-11-19-25(24)30(28)20-21-12-4-1-5-13-21/h1-19,26H,20H2. The maximum absolute atomic E-state index is 14.0. The van der Waals surface area contributed by atoms with Crippen molar-refractivity contribution in [3.8, 4) is 0 Å². The average Bonchev–Trinajstić information content (AvgIpc) is 3.20. The molecule has 0 fully saturated rings. The lowest BCUT2D eigenvalue weighted by Gasteiger charge is -2.18. The summed E-state index contributed by atoms with van der Waals surface area (Å²) < 4.78 is 2.05. The van der Waals surface area contributed by atoms with E-state index in [1.54, 1.807) is 0 Å². The fraction of sp³-hybridized carbons (Fsp3) is 0.0714. The van der Waals surface area contributed by atoms with Crippen LogP contribution >= 0.6 is 0 Å². The zero-order chi connectivity index (χ0) is 21.0. The minimum atomic E-state index is -0.409. The summed E-state index contributed by atoms with van der Waals surface area (Å²) in [6.45, 7) is 0.596. The molecule has 0 unspecified atom stereocenters. The molecule has 0 radical (unpaired) electrons. The maximum atomic E-state index is 14.0. The van der Waals surface area contributed by atoms with Gasteiger partial charge in [-0.1, -0.05) is 103 Å². The SMILES string of the molecule is O=C(c1nc2ccccc2n1Cc1ccccc1)C(c1ccccc1)c1ccccc1. The first-order valence-corrected chi connectivity index (χ1v) is 10.4. The molecule has 0 aliphatic rings. The number of carbonyl (C=O) groups excluding carboxylic acids is 1. The van der Waals surface area contributed by atoms with Crippen LogP contribution < -0.4 is 0 Å². The van der Waals surface area contributed by atoms with Gasteiger partial charge in [-0.15, -0.1) is 0 Å². The minimum absolute atomic E-state index is 0.00420. The van der Waals surface area contributed by atoms with Crippen molar-refractivity contribution in [3.05, 3.63) is 138 Å². The van der Waals surface area contributed by atoms with Gasteiger partial charge in [-0.05, 0) is 28.8 Å². The second kappa shape index (κ2) is 8.41. The highest BCUT2D eigenvalue weighted by Crippen LogP contribution is 2.30. The first kappa shape index (κ1) is 19.0. The summed E-state index contributed by atoms with van der Waals surface area (Å²) in [4.78, 5) is 18.8. The van der Waals surface area contributed by atoms with Crippen molar-refractivity contribution in [3.63, 3.8) is 0 Å². The van der Waals surface area contributed by atoms with Crippen molar-refractivity contribution < 1.29 is 4.79 Å². The van der Waals surface area contributed by atoms with Crippen molar-refractivity contribution in [1.82, 2.24) is 9.55 Å². The summed E-state index contributed by atoms with van der Waals surface area (Å²) in [5.41, 5.74) is 4.88. The summed E-state index contributed by atoms with van der Waals surface area (Å²) in [6.07, 6.45) is 0. The van der Waals surface area contributed by atoms with Gasteiger partial charge in [0.1, 0.15) is 0 Å². The van der Waals surface area contributed by atoms with E-state index < -0.39 is 5.92 Å². The molecule has 0 N–H and O–H groups in total. The molecule has 31 heavy (non-hydrogen) atoms. The quantitative estimate of drug-likeness (QED) is 0.322. The third-order valence-corrected chi connectivity index (χ3v) is 5.59. The van der Waals surface area contributed by atoms with Gasteiger partial charge in [0, 0.05) is 6.54 Å². The van der Waals surface area contributed by atoms with Crippen LogP contribution in [0.4, 0.5) is 0 Å². The molecule has 5 aromatic rings. The number of Topliss-reactive ketones (excluding diaryl/α,β-unsaturated/α-hetero) is 1. The Bertz CT molecular complexity index is 1270. The molecule has 3 nitrogen and oxygen atoms in total. The lowest BCUT2D eigenvalue weighted by atomic mass is 9.87. The summed E-state index contributed by atoms with van der Waals surface area (Å²) in [6, 6.07) is 38.1. The number of carbonyl (C=O) groups is 1. The van der Waals surface area contributed by atoms with Crippen LogP contribution in [0.25, 0.3) is 11.0 Å². The predicted molar refractivity (Wildman–Crippen MR) is 124 cm³/mol. The number of fused-ring (bicyclic) bond motifs is 1. The van der Waals surface area contributed by atoms with Gasteiger partial charge in [-0.3, -0.25) is 4.79 Å². The molecule has 0 bridgehead atoms. The van der Waals surface area contributed by atoms with Gasteiger partial charge >= 0.3 is 0 Å². The second-order valence-corrected chi connectivity index (χ2v) is 7.61. The smallest absolute Gasteiger partial charge is 0.210 e. The van der Waals surface area contributed by atoms with Crippen LogP contribution in [0.5, 0.6) is 0 Å². The van der Waals surface area contributed by atoms with Crippen LogP contribution in [0.2, 0.25) is 0 Å². The van der Waals surface area contributed by atoms with E-state index in [1.807, 2.05) is 108 Å². The van der Waals surface area contributed by atoms with Crippen molar-refractivity contribution in [2.75, 3.05) is 0 Å². The number of nitrogens with zero attached hydrogens (tertiary/aromatic N) is 2. The van der Waals surface area contributed by atoms with E-state index in [0.717, 1.165) is 27.7 Å². The maximum Gasteiger partial charge on any atom is 0.210 e. The largest absolute Gasteiger partial charge is 0.317 e. The van der Waals surface area contributed by atoms with Crippen LogP contribution in [-0.4, -0.2) is 15.3 Å². The number of hydrogen-bond donors (Lipinski definition) is 0. The normalized spacial score (nSPS) is 11.1. The number of para-hydroxylation sites is 2. The van der Waals surface area contributed by atoms with Gasteiger partial charge in [-0.25, -0.2) is 4.98 Å². The molecule has 150 valence electrons. The van der Waals surface area contributed by atoms with Crippen LogP contribution in [0.3, 0.4) is 0 Å². The summed E-state index contributed by atoms with van der Waals surface area (Å²) in [5.74, 6) is 0.0843. The molecule has 0 amide bonds. The molecular formula is C28H22N2O. The zero-order valence-corrected chi connectivity index (χ0v) is 17.1. The molecule has 0 saturated carbocycles. The Hall–Kier alpha value is -3.98. The number of benzene rings is 4. The number of aromatic nitrogens is 2. The van der Waals surface area contributed by atoms with E-state index >= 15 is 0 Å². The molecule has 0 saturated heterocycles. The minimum Gasteiger partial charge on any atom is -0.317 e. The van der Waals surface area contributed by atoms with E-state index in [0.29, 0.717) is 12.4 Å². The number of imidazole rings is 1. The van der Waals surface area contributed by atoms with Crippen LogP contribution in [0.15, 0.2) is 115 Å². The number of hydrogen-bond acceptors (Lipinski definition) is 2. The Labute approximate surface area is 181 Å². The van der Waals surface area contributed by atoms with E-state index in [2.05, 4.69) is 12.1 Å². The zero-order valence-electron chi connectivity index (χ0n) is 17.1. The predicted octanol–water partition coefficient (Wildman–Crippen LogP) is 6.10. The molecule has 0 aliphatic carbocycles. The summed E-state index contributed by atoms with van der Waals surface area (Å²) >= 11 is 0. The van der Waals surface area contributed by atoms with Crippen molar-refractivity contribution in [2.45, 2.75) is 12.5 Å². The molecule has 1 heterocycles. The highest BCUT2D eigenvalue weighted by atomic mass is 16.1. The molecule has 1 aromatic heterocycles.